The summed E-state index contributed by atoms with van der Waals surface area (Å²) >= 11 is 0. The number of hydrogen-bond donors (Lipinski definition) is 3. The third kappa shape index (κ3) is 5.75. The molecule has 2 aromatic heterocycles. The highest BCUT2D eigenvalue weighted by atomic mass is 31.2. The number of nitrogens with one attached hydrogen (secondary N) is 2. The number of nitrogens with zero attached hydrogens (tertiary/aromatic N) is 1. The van der Waals surface area contributed by atoms with Crippen LogP contribution in [0.5, 0.6) is 11.5 Å². The van der Waals surface area contributed by atoms with Crippen LogP contribution in [0.2, 0.25) is 0 Å². The van der Waals surface area contributed by atoms with Gasteiger partial charge in [0.2, 0.25) is 0 Å². The maximum absolute atomic E-state index is 15.2. The van der Waals surface area contributed by atoms with Crippen LogP contribution in [0.1, 0.15) is 36.1 Å². The zero-order valence-corrected chi connectivity index (χ0v) is 25.0. The molecule has 3 aromatic carbocycles. The van der Waals surface area contributed by atoms with E-state index in [2.05, 4.69) is 15.0 Å². The molecule has 1 fully saturated rings. The second kappa shape index (κ2) is 10.9. The Morgan fingerprint density at radius 1 is 1.04 bits per heavy atom. The molecule has 1 saturated carbocycles. The number of alkyl halides is 2. The summed E-state index contributed by atoms with van der Waals surface area (Å²) in [4.78, 5) is 21.1. The van der Waals surface area contributed by atoms with Gasteiger partial charge in [-0.2, -0.15) is 0 Å². The van der Waals surface area contributed by atoms with Gasteiger partial charge in [-0.15, -0.1) is 0 Å². The minimum atomic E-state index is -3.08. The summed E-state index contributed by atoms with van der Waals surface area (Å²) < 4.78 is 92.9. The number of carbonyl (C=O) groups is 1. The molecule has 1 aliphatic carbocycles. The summed E-state index contributed by atoms with van der Waals surface area (Å²) in [5, 5.41) is 9.72. The van der Waals surface area contributed by atoms with Crippen molar-refractivity contribution in [1.29, 1.82) is 0 Å². The summed E-state index contributed by atoms with van der Waals surface area (Å²) in [6.07, 6.45) is 1.25. The number of carboxylic acid groups (broad SMARTS) is 1. The van der Waals surface area contributed by atoms with E-state index in [1.54, 1.807) is 12.3 Å². The van der Waals surface area contributed by atoms with Crippen molar-refractivity contribution in [2.24, 2.45) is 0 Å². The number of imidazole rings is 1. The van der Waals surface area contributed by atoms with Crippen LogP contribution in [0.4, 0.5) is 22.0 Å². The van der Waals surface area contributed by atoms with Gasteiger partial charge >= 0.3 is 5.97 Å². The first kappa shape index (κ1) is 30.6. The maximum Gasteiger partial charge on any atom is 0.303 e. The molecule has 0 amide bonds. The lowest BCUT2D eigenvalue weighted by Crippen LogP contribution is -2.50. The maximum atomic E-state index is 15.2. The largest absolute Gasteiger partial charge is 0.481 e. The van der Waals surface area contributed by atoms with E-state index in [0.717, 1.165) is 18.2 Å². The van der Waals surface area contributed by atoms with Crippen molar-refractivity contribution >= 4 is 29.3 Å². The Balaban J connectivity index is 1.38. The smallest absolute Gasteiger partial charge is 0.303 e. The lowest BCUT2D eigenvalue weighted by atomic mass is 9.60. The number of aryl methyl sites for hydroxylation is 1. The van der Waals surface area contributed by atoms with Crippen molar-refractivity contribution in [1.82, 2.24) is 15.0 Å². The molecule has 1 aliphatic rings. The molecule has 3 N–H and O–H groups in total. The first-order valence-corrected chi connectivity index (χ1v) is 16.5. The van der Waals surface area contributed by atoms with E-state index < -0.39 is 54.7 Å². The monoisotopic (exact) mass is 643 g/mol. The average molecular weight is 644 g/mol. The number of rotatable bonds is 9. The van der Waals surface area contributed by atoms with Crippen LogP contribution in [-0.4, -0.2) is 45.3 Å². The molecular weight excluding hydrogens is 616 g/mol. The molecule has 0 radical (unpaired) electrons. The summed E-state index contributed by atoms with van der Waals surface area (Å²) in [6, 6.07) is 10.3. The van der Waals surface area contributed by atoms with Crippen LogP contribution >= 0.6 is 7.14 Å². The van der Waals surface area contributed by atoms with Gasteiger partial charge in [0.1, 0.15) is 30.4 Å². The third-order valence-electron chi connectivity index (χ3n) is 8.04. The fourth-order valence-corrected chi connectivity index (χ4v) is 7.46. The van der Waals surface area contributed by atoms with Crippen LogP contribution in [0.25, 0.3) is 22.3 Å². The SMILES string of the molecule is CP(C)(=O)c1c(Oc2ccc(F)c(-c3ncc(C4(c5cc(F)cc(CCC(=O)O)c5)CC(F)(F)C4)[nH]3)c2)c(F)cc2[nH]ccc12. The van der Waals surface area contributed by atoms with E-state index in [-0.39, 0.29) is 52.3 Å². The highest BCUT2D eigenvalue weighted by Crippen LogP contribution is 2.57. The fraction of sp³-hybridized carbons (Fsp3) is 0.250. The van der Waals surface area contributed by atoms with Crippen molar-refractivity contribution in [3.63, 3.8) is 0 Å². The molecule has 7 nitrogen and oxygen atoms in total. The summed E-state index contributed by atoms with van der Waals surface area (Å²) in [6.45, 7) is 2.96. The van der Waals surface area contributed by atoms with Crippen molar-refractivity contribution in [3.05, 3.63) is 95.2 Å². The van der Waals surface area contributed by atoms with Crippen molar-refractivity contribution < 1.29 is 41.2 Å². The van der Waals surface area contributed by atoms with Crippen molar-refractivity contribution in [2.45, 2.75) is 37.0 Å². The van der Waals surface area contributed by atoms with E-state index >= 15 is 8.78 Å². The Labute approximate surface area is 253 Å². The summed E-state index contributed by atoms with van der Waals surface area (Å²) in [5.74, 6) is -6.66. The molecule has 6 rings (SSSR count). The van der Waals surface area contributed by atoms with Crippen molar-refractivity contribution in [2.75, 3.05) is 13.3 Å². The molecule has 0 atom stereocenters. The lowest BCUT2D eigenvalue weighted by Gasteiger charge is -2.47. The minimum Gasteiger partial charge on any atom is -0.481 e. The molecule has 0 aliphatic heterocycles. The van der Waals surface area contributed by atoms with Crippen molar-refractivity contribution in [3.8, 4) is 22.9 Å². The first-order chi connectivity index (χ1) is 21.1. The van der Waals surface area contributed by atoms with Crippen LogP contribution in [0, 0.1) is 17.5 Å². The fourth-order valence-electron chi connectivity index (χ4n) is 6.04. The number of benzene rings is 3. The van der Waals surface area contributed by atoms with E-state index in [1.165, 1.54) is 43.8 Å². The minimum absolute atomic E-state index is 0.00361. The molecule has 0 spiro atoms. The second-order valence-electron chi connectivity index (χ2n) is 11.7. The number of carboxylic acids is 1. The van der Waals surface area contributed by atoms with Gasteiger partial charge in [0.25, 0.3) is 5.92 Å². The van der Waals surface area contributed by atoms with Gasteiger partial charge in [0, 0.05) is 59.7 Å². The second-order valence-corrected chi connectivity index (χ2v) is 14.9. The summed E-state index contributed by atoms with van der Waals surface area (Å²) in [5.41, 5.74) is -0.328. The highest BCUT2D eigenvalue weighted by Gasteiger charge is 2.59. The average Bonchev–Trinajstić information content (AvgIpc) is 3.60. The van der Waals surface area contributed by atoms with Crippen LogP contribution in [0.15, 0.2) is 60.9 Å². The first-order valence-electron chi connectivity index (χ1n) is 13.9. The number of H-pyrrole nitrogens is 2. The third-order valence-corrected chi connectivity index (χ3v) is 9.56. The predicted molar refractivity (Wildman–Crippen MR) is 159 cm³/mol. The zero-order valence-electron chi connectivity index (χ0n) is 24.1. The molecule has 5 aromatic rings. The molecule has 234 valence electrons. The molecule has 0 saturated heterocycles. The van der Waals surface area contributed by atoms with Gasteiger partial charge in [0.05, 0.1) is 10.9 Å². The van der Waals surface area contributed by atoms with E-state index in [0.29, 0.717) is 16.5 Å². The van der Waals surface area contributed by atoms with Gasteiger partial charge in [-0.05, 0) is 67.3 Å². The normalized spacial score (nSPS) is 15.6. The number of aromatic amines is 2. The number of fused-ring (bicyclic) bond motifs is 1. The van der Waals surface area contributed by atoms with E-state index in [9.17, 15) is 22.5 Å². The number of ether oxygens (including phenoxy) is 1. The Morgan fingerprint density at radius 3 is 2.49 bits per heavy atom. The standard InChI is InChI=1S/C32H27F5N3O4P/c1-45(2,43)29-21-7-8-38-25(21)13-24(35)28(29)44-20-4-5-23(34)22(12-20)30-39-14-26(40-30)31(15-32(36,37)16-31)18-9-17(3-6-27(41)42)10-19(33)11-18/h4-5,7-14,38H,3,6,15-16H2,1-2H3,(H,39,40)(H,41,42). The molecule has 0 unspecified atom stereocenters. The zero-order chi connectivity index (χ0) is 32.3. The Bertz CT molecular complexity index is 2010. The topological polar surface area (TPSA) is 108 Å². The van der Waals surface area contributed by atoms with E-state index in [4.69, 9.17) is 9.84 Å². The number of halogens is 5. The quantitative estimate of drug-likeness (QED) is 0.113. The van der Waals surface area contributed by atoms with Gasteiger partial charge < -0.3 is 24.4 Å². The van der Waals surface area contributed by atoms with Crippen LogP contribution in [0.3, 0.4) is 0 Å². The summed E-state index contributed by atoms with van der Waals surface area (Å²) in [7, 11) is -3.08. The molecule has 45 heavy (non-hydrogen) atoms. The molecule has 2 heterocycles. The number of aliphatic carboxylic acids is 1. The molecular formula is C32H27F5N3O4P. The Morgan fingerprint density at radius 2 is 1.80 bits per heavy atom. The van der Waals surface area contributed by atoms with E-state index in [1.807, 2.05) is 0 Å². The van der Waals surface area contributed by atoms with Gasteiger partial charge in [-0.3, -0.25) is 4.79 Å². The van der Waals surface area contributed by atoms with Gasteiger partial charge in [-0.25, -0.2) is 26.9 Å². The number of aromatic nitrogens is 3. The Kier molecular flexibility index (Phi) is 7.39. The molecule has 0 bridgehead atoms. The predicted octanol–water partition coefficient (Wildman–Crippen LogP) is 7.75. The lowest BCUT2D eigenvalue weighted by molar-refractivity contribution is -0.136. The molecule has 13 heteroatoms. The Hall–Kier alpha value is -4.44. The van der Waals surface area contributed by atoms with Gasteiger partial charge in [0.15, 0.2) is 11.6 Å². The highest BCUT2D eigenvalue weighted by molar-refractivity contribution is 7.70. The van der Waals surface area contributed by atoms with Crippen LogP contribution < -0.4 is 10.0 Å². The van der Waals surface area contributed by atoms with Crippen LogP contribution in [-0.2, 0) is 21.2 Å². The van der Waals surface area contributed by atoms with Gasteiger partial charge in [-0.1, -0.05) is 6.07 Å². The number of hydrogen-bond acceptors (Lipinski definition) is 4.